The first-order valence-corrected chi connectivity index (χ1v) is 8.07. The SMILES string of the molecule is O=C(NCCCn1cnc2ccccc21)c1cc2ccccc2[nH]1. The monoisotopic (exact) mass is 318 g/mol. The summed E-state index contributed by atoms with van der Waals surface area (Å²) in [6.07, 6.45) is 2.70. The topological polar surface area (TPSA) is 62.7 Å². The Morgan fingerprint density at radius 2 is 1.96 bits per heavy atom. The minimum Gasteiger partial charge on any atom is -0.351 e. The third-order valence-corrected chi connectivity index (χ3v) is 4.16. The molecule has 0 saturated heterocycles. The van der Waals surface area contributed by atoms with Gasteiger partial charge >= 0.3 is 0 Å². The lowest BCUT2D eigenvalue weighted by Gasteiger charge is -2.06. The van der Waals surface area contributed by atoms with Gasteiger partial charge in [0.15, 0.2) is 0 Å². The lowest BCUT2D eigenvalue weighted by molar-refractivity contribution is 0.0948. The lowest BCUT2D eigenvalue weighted by Crippen LogP contribution is -2.25. The molecule has 2 aromatic heterocycles. The van der Waals surface area contributed by atoms with Gasteiger partial charge in [-0.1, -0.05) is 30.3 Å². The Bertz CT molecular complexity index is 966. The first-order valence-electron chi connectivity index (χ1n) is 8.07. The molecular weight excluding hydrogens is 300 g/mol. The standard InChI is InChI=1S/C19H18N4O/c24-19(17-12-14-6-1-2-7-15(14)22-17)20-10-5-11-23-13-21-16-8-3-4-9-18(16)23/h1-4,6-9,12-13,22H,5,10-11H2,(H,20,24). The number of aromatic amines is 1. The molecule has 5 heteroatoms. The van der Waals surface area contributed by atoms with Crippen molar-refractivity contribution in [1.29, 1.82) is 0 Å². The summed E-state index contributed by atoms with van der Waals surface area (Å²) in [4.78, 5) is 19.7. The zero-order chi connectivity index (χ0) is 16.4. The second kappa shape index (κ2) is 6.20. The highest BCUT2D eigenvalue weighted by Crippen LogP contribution is 2.14. The van der Waals surface area contributed by atoms with Crippen molar-refractivity contribution in [2.75, 3.05) is 6.54 Å². The Kier molecular flexibility index (Phi) is 3.75. The van der Waals surface area contributed by atoms with Crippen LogP contribution in [0.25, 0.3) is 21.9 Å². The van der Waals surface area contributed by atoms with Crippen molar-refractivity contribution in [2.45, 2.75) is 13.0 Å². The van der Waals surface area contributed by atoms with Crippen molar-refractivity contribution in [3.05, 3.63) is 66.6 Å². The van der Waals surface area contributed by atoms with Gasteiger partial charge in [0.25, 0.3) is 5.91 Å². The number of aromatic nitrogens is 3. The Balaban J connectivity index is 1.34. The third kappa shape index (κ3) is 2.76. The summed E-state index contributed by atoms with van der Waals surface area (Å²) in [6, 6.07) is 17.8. The third-order valence-electron chi connectivity index (χ3n) is 4.16. The fourth-order valence-electron chi connectivity index (χ4n) is 2.93. The molecular formula is C19H18N4O. The molecule has 2 aromatic carbocycles. The zero-order valence-electron chi connectivity index (χ0n) is 13.2. The molecule has 0 saturated carbocycles. The summed E-state index contributed by atoms with van der Waals surface area (Å²) in [6.45, 7) is 1.45. The minimum absolute atomic E-state index is 0.0679. The molecule has 24 heavy (non-hydrogen) atoms. The van der Waals surface area contributed by atoms with Crippen molar-refractivity contribution in [1.82, 2.24) is 19.9 Å². The number of aryl methyl sites for hydroxylation is 1. The zero-order valence-corrected chi connectivity index (χ0v) is 13.2. The number of H-pyrrole nitrogens is 1. The van der Waals surface area contributed by atoms with Crippen molar-refractivity contribution in [3.8, 4) is 0 Å². The van der Waals surface area contributed by atoms with Gasteiger partial charge in [0.2, 0.25) is 0 Å². The molecule has 1 amide bonds. The molecule has 0 unspecified atom stereocenters. The van der Waals surface area contributed by atoms with E-state index in [4.69, 9.17) is 0 Å². The van der Waals surface area contributed by atoms with Crippen LogP contribution in [0.1, 0.15) is 16.9 Å². The van der Waals surface area contributed by atoms with Crippen molar-refractivity contribution in [3.63, 3.8) is 0 Å². The molecule has 0 aliphatic rings. The molecule has 5 nitrogen and oxygen atoms in total. The molecule has 4 rings (SSSR count). The van der Waals surface area contributed by atoms with E-state index in [-0.39, 0.29) is 5.91 Å². The van der Waals surface area contributed by atoms with Gasteiger partial charge < -0.3 is 14.9 Å². The number of hydrogen-bond acceptors (Lipinski definition) is 2. The quantitative estimate of drug-likeness (QED) is 0.554. The second-order valence-electron chi connectivity index (χ2n) is 5.81. The number of amides is 1. The van der Waals surface area contributed by atoms with Gasteiger partial charge in [-0.05, 0) is 30.7 Å². The predicted octanol–water partition coefficient (Wildman–Crippen LogP) is 3.34. The lowest BCUT2D eigenvalue weighted by atomic mass is 10.2. The molecule has 0 fully saturated rings. The van der Waals surface area contributed by atoms with Crippen LogP contribution < -0.4 is 5.32 Å². The van der Waals surface area contributed by atoms with Crippen LogP contribution in [0.4, 0.5) is 0 Å². The number of benzene rings is 2. The first kappa shape index (κ1) is 14.5. The second-order valence-corrected chi connectivity index (χ2v) is 5.81. The van der Waals surface area contributed by atoms with Crippen LogP contribution in [-0.2, 0) is 6.54 Å². The highest BCUT2D eigenvalue weighted by molar-refractivity contribution is 5.97. The minimum atomic E-state index is -0.0679. The Labute approximate surface area is 139 Å². The summed E-state index contributed by atoms with van der Waals surface area (Å²) in [5.74, 6) is -0.0679. The van der Waals surface area contributed by atoms with Gasteiger partial charge in [-0.2, -0.15) is 0 Å². The molecule has 0 aliphatic heterocycles. The van der Waals surface area contributed by atoms with Gasteiger partial charge in [0.05, 0.1) is 17.4 Å². The van der Waals surface area contributed by atoms with Crippen LogP contribution in [0.3, 0.4) is 0 Å². The smallest absolute Gasteiger partial charge is 0.267 e. The van der Waals surface area contributed by atoms with Gasteiger partial charge in [0.1, 0.15) is 5.69 Å². The number of nitrogens with zero attached hydrogens (tertiary/aromatic N) is 2. The van der Waals surface area contributed by atoms with Crippen LogP contribution in [0.5, 0.6) is 0 Å². The highest BCUT2D eigenvalue weighted by Gasteiger charge is 2.08. The first-order chi connectivity index (χ1) is 11.8. The van der Waals surface area contributed by atoms with Crippen LogP contribution in [0.15, 0.2) is 60.9 Å². The molecule has 120 valence electrons. The normalized spacial score (nSPS) is 11.2. The van der Waals surface area contributed by atoms with Gasteiger partial charge in [-0.25, -0.2) is 4.98 Å². The van der Waals surface area contributed by atoms with Gasteiger partial charge in [-0.3, -0.25) is 4.79 Å². The molecule has 0 radical (unpaired) electrons. The predicted molar refractivity (Wildman–Crippen MR) is 95.0 cm³/mol. The molecule has 0 aliphatic carbocycles. The number of carbonyl (C=O) groups is 1. The number of imidazole rings is 1. The van der Waals surface area contributed by atoms with E-state index in [1.165, 1.54) is 0 Å². The average molecular weight is 318 g/mol. The van der Waals surface area contributed by atoms with Crippen LogP contribution in [-0.4, -0.2) is 27.0 Å². The maximum absolute atomic E-state index is 12.2. The number of nitrogens with one attached hydrogen (secondary N) is 2. The Morgan fingerprint density at radius 1 is 1.12 bits per heavy atom. The van der Waals surface area contributed by atoms with E-state index < -0.39 is 0 Å². The van der Waals surface area contributed by atoms with E-state index in [1.807, 2.05) is 54.9 Å². The number of fused-ring (bicyclic) bond motifs is 2. The van der Waals surface area contributed by atoms with Crippen molar-refractivity contribution in [2.24, 2.45) is 0 Å². The molecule has 0 atom stereocenters. The maximum Gasteiger partial charge on any atom is 0.267 e. The average Bonchev–Trinajstić information content (AvgIpc) is 3.23. The van der Waals surface area contributed by atoms with E-state index in [9.17, 15) is 4.79 Å². The molecule has 4 aromatic rings. The summed E-state index contributed by atoms with van der Waals surface area (Å²) in [5.41, 5.74) is 3.70. The van der Waals surface area contributed by atoms with E-state index in [0.29, 0.717) is 12.2 Å². The molecule has 0 spiro atoms. The highest BCUT2D eigenvalue weighted by atomic mass is 16.1. The summed E-state index contributed by atoms with van der Waals surface area (Å²) >= 11 is 0. The molecule has 0 bridgehead atoms. The van der Waals surface area contributed by atoms with Gasteiger partial charge in [0, 0.05) is 24.0 Å². The number of rotatable bonds is 5. The number of carbonyl (C=O) groups excluding carboxylic acids is 1. The number of para-hydroxylation sites is 3. The largest absolute Gasteiger partial charge is 0.351 e. The molecule has 2 N–H and O–H groups in total. The van der Waals surface area contributed by atoms with Gasteiger partial charge in [-0.15, -0.1) is 0 Å². The van der Waals surface area contributed by atoms with Crippen LogP contribution in [0, 0.1) is 0 Å². The van der Waals surface area contributed by atoms with E-state index in [2.05, 4.69) is 25.9 Å². The Morgan fingerprint density at radius 3 is 2.88 bits per heavy atom. The number of hydrogen-bond donors (Lipinski definition) is 2. The van der Waals surface area contributed by atoms with E-state index in [1.54, 1.807) is 0 Å². The fourth-order valence-corrected chi connectivity index (χ4v) is 2.93. The summed E-state index contributed by atoms with van der Waals surface area (Å²) in [5, 5.41) is 4.02. The Hall–Kier alpha value is -3.08. The van der Waals surface area contributed by atoms with Crippen molar-refractivity contribution >= 4 is 27.8 Å². The molecule has 2 heterocycles. The summed E-state index contributed by atoms with van der Waals surface area (Å²) in [7, 11) is 0. The summed E-state index contributed by atoms with van der Waals surface area (Å²) < 4.78 is 2.12. The van der Waals surface area contributed by atoms with Crippen LogP contribution >= 0.6 is 0 Å². The van der Waals surface area contributed by atoms with Crippen molar-refractivity contribution < 1.29 is 4.79 Å². The van der Waals surface area contributed by atoms with Crippen LogP contribution in [0.2, 0.25) is 0 Å². The fraction of sp³-hybridized carbons (Fsp3) is 0.158. The van der Waals surface area contributed by atoms with E-state index in [0.717, 1.165) is 34.9 Å². The maximum atomic E-state index is 12.2. The van der Waals surface area contributed by atoms with E-state index >= 15 is 0 Å².